The summed E-state index contributed by atoms with van der Waals surface area (Å²) < 4.78 is 0. The third kappa shape index (κ3) is 3.69. The van der Waals surface area contributed by atoms with Crippen molar-refractivity contribution in [2.24, 2.45) is 0 Å². The van der Waals surface area contributed by atoms with Crippen LogP contribution in [-0.2, 0) is 0 Å². The molecule has 0 unspecified atom stereocenters. The zero-order valence-electron chi connectivity index (χ0n) is 15.8. The molecule has 2 aromatic carbocycles. The van der Waals surface area contributed by atoms with Gasteiger partial charge in [0.1, 0.15) is 0 Å². The lowest BCUT2D eigenvalue weighted by Gasteiger charge is -2.25. The molecule has 1 saturated heterocycles. The first-order valence-corrected chi connectivity index (χ1v) is 10.3. The van der Waals surface area contributed by atoms with Gasteiger partial charge in [-0.3, -0.25) is 4.79 Å². The van der Waals surface area contributed by atoms with E-state index < -0.39 is 0 Å². The molecule has 0 spiro atoms. The minimum atomic E-state index is 0.0259. The van der Waals surface area contributed by atoms with Crippen LogP contribution in [-0.4, -0.2) is 28.9 Å². The van der Waals surface area contributed by atoms with Gasteiger partial charge in [-0.25, -0.2) is 4.98 Å². The van der Waals surface area contributed by atoms with Crippen molar-refractivity contribution in [3.8, 4) is 27.8 Å². The monoisotopic (exact) mass is 387 g/mol. The number of carbonyl (C=O) groups excluding carboxylic acids is 1. The largest absolute Gasteiger partial charge is 0.337 e. The van der Waals surface area contributed by atoms with Crippen molar-refractivity contribution in [3.05, 3.63) is 64.7 Å². The molecular formula is C23H21N3OS. The van der Waals surface area contributed by atoms with Crippen LogP contribution < -0.4 is 0 Å². The zero-order chi connectivity index (χ0) is 19.5. The topological polar surface area (TPSA) is 57.0 Å². The summed E-state index contributed by atoms with van der Waals surface area (Å²) in [7, 11) is 0. The van der Waals surface area contributed by atoms with Crippen LogP contribution >= 0.6 is 11.3 Å². The number of rotatable bonds is 3. The van der Waals surface area contributed by atoms with Gasteiger partial charge in [0.25, 0.3) is 5.91 Å². The quantitative estimate of drug-likeness (QED) is 0.614. The van der Waals surface area contributed by atoms with Gasteiger partial charge in [0.15, 0.2) is 5.01 Å². The van der Waals surface area contributed by atoms with Crippen LogP contribution in [0.25, 0.3) is 21.7 Å². The second-order valence-electron chi connectivity index (χ2n) is 7.10. The molecule has 0 aliphatic carbocycles. The standard InChI is InChI=1S/C23H21N3OS/c1-16-5-9-19(10-6-16)21-20(18-11-7-17(15-24)8-12-18)25-22(28-21)23(27)26-13-3-2-4-14-26/h5-12H,2-4,13-14H2,1H3. The maximum absolute atomic E-state index is 13.0. The van der Waals surface area contributed by atoms with E-state index in [9.17, 15) is 4.79 Å². The van der Waals surface area contributed by atoms with Crippen molar-refractivity contribution in [2.75, 3.05) is 13.1 Å². The van der Waals surface area contributed by atoms with E-state index in [1.807, 2.05) is 17.0 Å². The van der Waals surface area contributed by atoms with E-state index in [1.165, 1.54) is 23.3 Å². The minimum absolute atomic E-state index is 0.0259. The highest BCUT2D eigenvalue weighted by Gasteiger charge is 2.24. The van der Waals surface area contributed by atoms with Crippen molar-refractivity contribution >= 4 is 17.2 Å². The van der Waals surface area contributed by atoms with E-state index in [0.29, 0.717) is 10.6 Å². The molecule has 5 heteroatoms. The molecule has 4 nitrogen and oxygen atoms in total. The summed E-state index contributed by atoms with van der Waals surface area (Å²) >= 11 is 1.46. The van der Waals surface area contributed by atoms with E-state index in [2.05, 4.69) is 37.3 Å². The van der Waals surface area contributed by atoms with Gasteiger partial charge in [0.05, 0.1) is 22.2 Å². The molecule has 0 N–H and O–H groups in total. The fourth-order valence-corrected chi connectivity index (χ4v) is 4.50. The molecule has 3 aromatic rings. The predicted molar refractivity (Wildman–Crippen MR) is 112 cm³/mol. The van der Waals surface area contributed by atoms with Gasteiger partial charge < -0.3 is 4.90 Å². The molecular weight excluding hydrogens is 366 g/mol. The van der Waals surface area contributed by atoms with Crippen molar-refractivity contribution in [1.82, 2.24) is 9.88 Å². The van der Waals surface area contributed by atoms with Crippen LogP contribution in [0.1, 0.15) is 40.2 Å². The molecule has 4 rings (SSSR count). The molecule has 140 valence electrons. The summed E-state index contributed by atoms with van der Waals surface area (Å²) in [6.45, 7) is 3.68. The highest BCUT2D eigenvalue weighted by Crippen LogP contribution is 2.37. The molecule has 2 heterocycles. The number of aromatic nitrogens is 1. The number of likely N-dealkylation sites (tertiary alicyclic amines) is 1. The summed E-state index contributed by atoms with van der Waals surface area (Å²) in [6.07, 6.45) is 3.31. The average Bonchev–Trinajstić information content (AvgIpc) is 3.20. The number of nitriles is 1. The van der Waals surface area contributed by atoms with Gasteiger partial charge in [0.2, 0.25) is 0 Å². The Labute approximate surface area is 169 Å². The Kier molecular flexibility index (Phi) is 5.23. The number of hydrogen-bond donors (Lipinski definition) is 0. The lowest BCUT2D eigenvalue weighted by Crippen LogP contribution is -2.35. The van der Waals surface area contributed by atoms with Gasteiger partial charge in [-0.15, -0.1) is 11.3 Å². The van der Waals surface area contributed by atoms with E-state index >= 15 is 0 Å². The number of carbonyl (C=O) groups is 1. The van der Waals surface area contributed by atoms with Crippen LogP contribution in [0.5, 0.6) is 0 Å². The summed E-state index contributed by atoms with van der Waals surface area (Å²) in [5.41, 5.74) is 4.58. The second kappa shape index (κ2) is 7.95. The number of nitrogens with zero attached hydrogens (tertiary/aromatic N) is 3. The molecule has 1 aliphatic heterocycles. The average molecular weight is 388 g/mol. The smallest absolute Gasteiger partial charge is 0.282 e. The Bertz CT molecular complexity index is 1020. The fourth-order valence-electron chi connectivity index (χ4n) is 3.44. The molecule has 28 heavy (non-hydrogen) atoms. The van der Waals surface area contributed by atoms with Gasteiger partial charge in [-0.05, 0) is 43.9 Å². The van der Waals surface area contributed by atoms with E-state index in [0.717, 1.165) is 47.6 Å². The maximum Gasteiger partial charge on any atom is 0.282 e. The maximum atomic E-state index is 13.0. The first kappa shape index (κ1) is 18.4. The summed E-state index contributed by atoms with van der Waals surface area (Å²) in [5, 5.41) is 9.60. The van der Waals surface area contributed by atoms with Crippen molar-refractivity contribution in [1.29, 1.82) is 5.26 Å². The number of aryl methyl sites for hydroxylation is 1. The SMILES string of the molecule is Cc1ccc(-c2sc(C(=O)N3CCCCC3)nc2-c2ccc(C#N)cc2)cc1. The Morgan fingerprint density at radius 3 is 2.29 bits per heavy atom. The predicted octanol–water partition coefficient (Wildman–Crippen LogP) is 5.28. The Hall–Kier alpha value is -2.97. The van der Waals surface area contributed by atoms with Crippen LogP contribution in [0, 0.1) is 18.3 Å². The molecule has 0 atom stereocenters. The lowest BCUT2D eigenvalue weighted by atomic mass is 10.0. The Morgan fingerprint density at radius 2 is 1.64 bits per heavy atom. The highest BCUT2D eigenvalue weighted by molar-refractivity contribution is 7.17. The molecule has 1 aromatic heterocycles. The number of thiazole rings is 1. The van der Waals surface area contributed by atoms with E-state index in [1.54, 1.807) is 12.1 Å². The lowest BCUT2D eigenvalue weighted by molar-refractivity contribution is 0.0724. The third-order valence-corrected chi connectivity index (χ3v) is 6.15. The van der Waals surface area contributed by atoms with Crippen molar-refractivity contribution < 1.29 is 4.79 Å². The number of hydrogen-bond acceptors (Lipinski definition) is 4. The van der Waals surface area contributed by atoms with Crippen LogP contribution in [0.2, 0.25) is 0 Å². The van der Waals surface area contributed by atoms with Gasteiger partial charge >= 0.3 is 0 Å². The molecule has 0 saturated carbocycles. The molecule has 1 fully saturated rings. The van der Waals surface area contributed by atoms with Gasteiger partial charge in [0, 0.05) is 18.7 Å². The summed E-state index contributed by atoms with van der Waals surface area (Å²) in [4.78, 5) is 20.7. The minimum Gasteiger partial charge on any atom is -0.337 e. The van der Waals surface area contributed by atoms with Gasteiger partial charge in [-0.2, -0.15) is 5.26 Å². The van der Waals surface area contributed by atoms with Crippen LogP contribution in [0.3, 0.4) is 0 Å². The third-order valence-electron chi connectivity index (χ3n) is 5.05. The first-order valence-electron chi connectivity index (χ1n) is 9.53. The molecule has 1 amide bonds. The molecule has 0 bridgehead atoms. The first-order chi connectivity index (χ1) is 13.7. The van der Waals surface area contributed by atoms with Gasteiger partial charge in [-0.1, -0.05) is 42.0 Å². The van der Waals surface area contributed by atoms with E-state index in [4.69, 9.17) is 10.2 Å². The molecule has 0 radical (unpaired) electrons. The highest BCUT2D eigenvalue weighted by atomic mass is 32.1. The number of piperidine rings is 1. The Balaban J connectivity index is 1.77. The zero-order valence-corrected chi connectivity index (χ0v) is 16.6. The Morgan fingerprint density at radius 1 is 1.00 bits per heavy atom. The number of benzene rings is 2. The summed E-state index contributed by atoms with van der Waals surface area (Å²) in [5.74, 6) is 0.0259. The van der Waals surface area contributed by atoms with Crippen molar-refractivity contribution in [3.63, 3.8) is 0 Å². The second-order valence-corrected chi connectivity index (χ2v) is 8.10. The number of amides is 1. The summed E-state index contributed by atoms with van der Waals surface area (Å²) in [6, 6.07) is 17.8. The normalized spacial score (nSPS) is 13.9. The van der Waals surface area contributed by atoms with Crippen molar-refractivity contribution in [2.45, 2.75) is 26.2 Å². The van der Waals surface area contributed by atoms with Crippen LogP contribution in [0.15, 0.2) is 48.5 Å². The fraction of sp³-hybridized carbons (Fsp3) is 0.261. The molecule has 1 aliphatic rings. The van der Waals surface area contributed by atoms with Crippen LogP contribution in [0.4, 0.5) is 0 Å². The van der Waals surface area contributed by atoms with E-state index in [-0.39, 0.29) is 5.91 Å².